The van der Waals surface area contributed by atoms with Gasteiger partial charge in [0.1, 0.15) is 5.54 Å². The third kappa shape index (κ3) is 3.02. The van der Waals surface area contributed by atoms with Gasteiger partial charge in [0.25, 0.3) is 0 Å². The molecule has 5 heteroatoms. The lowest BCUT2D eigenvalue weighted by molar-refractivity contribution is -0.151. The smallest absolute Gasteiger partial charge is 0.328 e. The van der Waals surface area contributed by atoms with E-state index in [1.54, 1.807) is 13.0 Å². The molecule has 1 aliphatic rings. The second-order valence-corrected chi connectivity index (χ2v) is 6.73. The highest BCUT2D eigenvalue weighted by Crippen LogP contribution is 2.36. The van der Waals surface area contributed by atoms with E-state index in [-0.39, 0.29) is 0 Å². The largest absolute Gasteiger partial charge is 0.480 e. The lowest BCUT2D eigenvalue weighted by Gasteiger charge is -2.38. The molecule has 0 aromatic heterocycles. The quantitative estimate of drug-likeness (QED) is 0.874. The van der Waals surface area contributed by atoms with Crippen LogP contribution >= 0.6 is 27.5 Å². The fourth-order valence-corrected chi connectivity index (χ4v) is 3.68. The number of aliphatic carboxylic acids is 1. The molecule has 1 heterocycles. The van der Waals surface area contributed by atoms with Crippen molar-refractivity contribution in [2.45, 2.75) is 38.1 Å². The summed E-state index contributed by atoms with van der Waals surface area (Å²) in [4.78, 5) is 14.0. The molecule has 0 aliphatic carbocycles. The lowest BCUT2D eigenvalue weighted by atomic mass is 9.89. The maximum absolute atomic E-state index is 12.0. The fraction of sp³-hybridized carbons (Fsp3) is 0.533. The van der Waals surface area contributed by atoms with Crippen molar-refractivity contribution in [1.82, 2.24) is 4.90 Å². The van der Waals surface area contributed by atoms with E-state index in [0.29, 0.717) is 10.6 Å². The summed E-state index contributed by atoms with van der Waals surface area (Å²) < 4.78 is 0.856. The number of hydrogen-bond donors (Lipinski definition) is 1. The van der Waals surface area contributed by atoms with Crippen molar-refractivity contribution in [1.29, 1.82) is 0 Å². The molecule has 1 aromatic rings. The molecule has 1 aliphatic heterocycles. The van der Waals surface area contributed by atoms with E-state index >= 15 is 0 Å². The van der Waals surface area contributed by atoms with Gasteiger partial charge in [-0.15, -0.1) is 0 Å². The molecule has 1 atom stereocenters. The van der Waals surface area contributed by atoms with Crippen LogP contribution in [0.2, 0.25) is 5.02 Å². The van der Waals surface area contributed by atoms with Crippen LogP contribution in [-0.4, -0.2) is 29.1 Å². The van der Waals surface area contributed by atoms with E-state index in [1.807, 2.05) is 12.1 Å². The van der Waals surface area contributed by atoms with Gasteiger partial charge in [-0.05, 0) is 45.0 Å². The van der Waals surface area contributed by atoms with Crippen molar-refractivity contribution >= 4 is 33.5 Å². The van der Waals surface area contributed by atoms with Crippen LogP contribution in [-0.2, 0) is 10.3 Å². The minimum Gasteiger partial charge on any atom is -0.480 e. The Kier molecular flexibility index (Phi) is 5.10. The van der Waals surface area contributed by atoms with Crippen molar-refractivity contribution in [3.8, 4) is 0 Å². The second kappa shape index (κ2) is 6.46. The van der Waals surface area contributed by atoms with Crippen molar-refractivity contribution in [3.63, 3.8) is 0 Å². The van der Waals surface area contributed by atoms with Gasteiger partial charge >= 0.3 is 5.97 Å². The second-order valence-electron chi connectivity index (χ2n) is 5.40. The van der Waals surface area contributed by atoms with Gasteiger partial charge in [0.2, 0.25) is 0 Å². The molecule has 1 fully saturated rings. The first kappa shape index (κ1) is 15.8. The van der Waals surface area contributed by atoms with E-state index in [2.05, 4.69) is 20.8 Å². The summed E-state index contributed by atoms with van der Waals surface area (Å²) in [5.41, 5.74) is -0.404. The zero-order chi connectivity index (χ0) is 14.8. The highest BCUT2D eigenvalue weighted by atomic mass is 79.9. The van der Waals surface area contributed by atoms with Crippen LogP contribution in [0.5, 0.6) is 0 Å². The molecular weight excluding hydrogens is 342 g/mol. The maximum Gasteiger partial charge on any atom is 0.328 e. The van der Waals surface area contributed by atoms with Crippen LogP contribution in [0.1, 0.15) is 38.2 Å². The molecule has 20 heavy (non-hydrogen) atoms. The molecule has 1 saturated heterocycles. The Morgan fingerprint density at radius 2 is 1.90 bits per heavy atom. The molecule has 1 aromatic carbocycles. The van der Waals surface area contributed by atoms with Gasteiger partial charge in [-0.25, -0.2) is 4.79 Å². The topological polar surface area (TPSA) is 40.5 Å². The number of halogens is 2. The molecule has 110 valence electrons. The molecule has 1 N–H and O–H groups in total. The Balaban J connectivity index is 2.44. The molecule has 0 bridgehead atoms. The number of hydrogen-bond acceptors (Lipinski definition) is 2. The van der Waals surface area contributed by atoms with Crippen LogP contribution in [0.25, 0.3) is 0 Å². The van der Waals surface area contributed by atoms with Gasteiger partial charge < -0.3 is 5.11 Å². The van der Waals surface area contributed by atoms with Gasteiger partial charge in [-0.3, -0.25) is 4.90 Å². The normalized spacial score (nSPS) is 20.1. The van der Waals surface area contributed by atoms with Gasteiger partial charge in [0.15, 0.2) is 0 Å². The number of rotatable bonds is 3. The first-order valence-electron chi connectivity index (χ1n) is 6.90. The summed E-state index contributed by atoms with van der Waals surface area (Å²) in [5, 5.41) is 10.3. The summed E-state index contributed by atoms with van der Waals surface area (Å²) in [6, 6.07) is 5.42. The van der Waals surface area contributed by atoms with Crippen molar-refractivity contribution < 1.29 is 9.90 Å². The lowest BCUT2D eigenvalue weighted by Crippen LogP contribution is -2.50. The Hall–Kier alpha value is -0.580. The minimum atomic E-state index is -1.07. The van der Waals surface area contributed by atoms with E-state index in [1.165, 1.54) is 12.8 Å². The van der Waals surface area contributed by atoms with Gasteiger partial charge in [0.05, 0.1) is 0 Å². The summed E-state index contributed by atoms with van der Waals surface area (Å²) >= 11 is 9.66. The Morgan fingerprint density at radius 1 is 1.30 bits per heavy atom. The molecule has 0 amide bonds. The van der Waals surface area contributed by atoms with Crippen LogP contribution in [0.4, 0.5) is 0 Å². The highest BCUT2D eigenvalue weighted by molar-refractivity contribution is 9.10. The van der Waals surface area contributed by atoms with Crippen molar-refractivity contribution in [2.24, 2.45) is 0 Å². The van der Waals surface area contributed by atoms with E-state index < -0.39 is 11.5 Å². The third-order valence-electron chi connectivity index (χ3n) is 4.11. The molecule has 0 saturated carbocycles. The molecular formula is C15H19BrClNO2. The van der Waals surface area contributed by atoms with Gasteiger partial charge in [0, 0.05) is 15.1 Å². The fourth-order valence-electron chi connectivity index (χ4n) is 2.82. The minimum absolute atomic E-state index is 0.494. The molecule has 0 radical (unpaired) electrons. The van der Waals surface area contributed by atoms with Crippen molar-refractivity contribution in [2.75, 3.05) is 13.1 Å². The number of likely N-dealkylation sites (tertiary alicyclic amines) is 1. The van der Waals surface area contributed by atoms with E-state index in [0.717, 1.165) is 30.4 Å². The first-order valence-corrected chi connectivity index (χ1v) is 8.07. The highest BCUT2D eigenvalue weighted by Gasteiger charge is 2.42. The third-order valence-corrected chi connectivity index (χ3v) is 4.92. The maximum atomic E-state index is 12.0. The standard InChI is InChI=1S/C15H19BrClNO2/c1-15(14(19)20,18-8-4-2-3-5-9-18)12-7-6-11(16)10-13(12)17/h6-7,10H,2-5,8-9H2,1H3,(H,19,20). The number of carboxylic acids is 1. The van der Waals surface area contributed by atoms with Crippen LogP contribution < -0.4 is 0 Å². The zero-order valence-electron chi connectivity index (χ0n) is 11.5. The predicted octanol–water partition coefficient (Wildman–Crippen LogP) is 4.28. The predicted molar refractivity (Wildman–Crippen MR) is 84.2 cm³/mol. The van der Waals surface area contributed by atoms with E-state index in [4.69, 9.17) is 11.6 Å². The number of benzene rings is 1. The molecule has 1 unspecified atom stereocenters. The zero-order valence-corrected chi connectivity index (χ0v) is 13.9. The average Bonchev–Trinajstić information content (AvgIpc) is 2.66. The Labute approximate surface area is 133 Å². The monoisotopic (exact) mass is 359 g/mol. The van der Waals surface area contributed by atoms with E-state index in [9.17, 15) is 9.90 Å². The summed E-state index contributed by atoms with van der Waals surface area (Å²) in [7, 11) is 0. The Morgan fingerprint density at radius 3 is 2.40 bits per heavy atom. The van der Waals surface area contributed by atoms with Crippen LogP contribution in [0, 0.1) is 0 Å². The number of nitrogens with zero attached hydrogens (tertiary/aromatic N) is 1. The van der Waals surface area contributed by atoms with Crippen molar-refractivity contribution in [3.05, 3.63) is 33.3 Å². The first-order chi connectivity index (χ1) is 9.46. The summed E-state index contributed by atoms with van der Waals surface area (Å²) in [6.45, 7) is 3.36. The molecule has 3 nitrogen and oxygen atoms in total. The summed E-state index contributed by atoms with van der Waals surface area (Å²) in [6.07, 6.45) is 4.41. The Bertz CT molecular complexity index is 501. The van der Waals surface area contributed by atoms with Crippen LogP contribution in [0.15, 0.2) is 22.7 Å². The SMILES string of the molecule is CC(C(=O)O)(c1ccc(Br)cc1Cl)N1CCCCCC1. The van der Waals surface area contributed by atoms with Gasteiger partial charge in [-0.2, -0.15) is 0 Å². The summed E-state index contributed by atoms with van der Waals surface area (Å²) in [5.74, 6) is -0.844. The van der Waals surface area contributed by atoms with Crippen LogP contribution in [0.3, 0.4) is 0 Å². The number of carbonyl (C=O) groups is 1. The average molecular weight is 361 g/mol. The molecule has 2 rings (SSSR count). The number of carboxylic acid groups (broad SMARTS) is 1. The molecule has 0 spiro atoms. The van der Waals surface area contributed by atoms with Gasteiger partial charge in [-0.1, -0.05) is 46.4 Å².